The van der Waals surface area contributed by atoms with Gasteiger partial charge < -0.3 is 13.9 Å². The van der Waals surface area contributed by atoms with E-state index >= 15 is 0 Å². The van der Waals surface area contributed by atoms with E-state index in [1.807, 2.05) is 31.2 Å². The van der Waals surface area contributed by atoms with Gasteiger partial charge in [-0.15, -0.1) is 0 Å². The lowest BCUT2D eigenvalue weighted by Gasteiger charge is -2.24. The van der Waals surface area contributed by atoms with Gasteiger partial charge in [0.05, 0.1) is 25.5 Å². The quantitative estimate of drug-likeness (QED) is 0.549. The third kappa shape index (κ3) is 4.09. The van der Waals surface area contributed by atoms with Gasteiger partial charge in [-0.3, -0.25) is 4.90 Å². The summed E-state index contributed by atoms with van der Waals surface area (Å²) in [5, 5.41) is 0. The molecule has 1 aromatic heterocycles. The van der Waals surface area contributed by atoms with E-state index in [1.54, 1.807) is 19.2 Å². The molecule has 0 spiro atoms. The van der Waals surface area contributed by atoms with Crippen LogP contribution in [0.4, 0.5) is 0 Å². The van der Waals surface area contributed by atoms with Gasteiger partial charge in [0.2, 0.25) is 5.89 Å². The van der Waals surface area contributed by atoms with Crippen LogP contribution in [0.5, 0.6) is 5.75 Å². The van der Waals surface area contributed by atoms with Gasteiger partial charge >= 0.3 is 5.97 Å². The highest BCUT2D eigenvalue weighted by atomic mass is 16.5. The number of aromatic nitrogens is 1. The van der Waals surface area contributed by atoms with Crippen molar-refractivity contribution in [3.8, 4) is 17.2 Å². The second kappa shape index (κ2) is 8.71. The fourth-order valence-corrected chi connectivity index (χ4v) is 4.00. The zero-order chi connectivity index (χ0) is 21.1. The number of ether oxygens (including phenoxy) is 2. The number of methoxy groups -OCH3 is 2. The molecule has 1 aliphatic heterocycles. The Morgan fingerprint density at radius 2 is 2.00 bits per heavy atom. The minimum atomic E-state index is -0.358. The molecule has 6 heteroatoms. The van der Waals surface area contributed by atoms with Crippen LogP contribution in [-0.2, 0) is 11.3 Å². The normalized spacial score (nSPS) is 16.6. The molecular weight excluding hydrogens is 380 g/mol. The molecule has 3 aromatic rings. The summed E-state index contributed by atoms with van der Waals surface area (Å²) in [6.45, 7) is 3.71. The number of rotatable bonds is 6. The molecule has 1 saturated heterocycles. The van der Waals surface area contributed by atoms with Gasteiger partial charge in [0.1, 0.15) is 11.5 Å². The molecule has 2 heterocycles. The summed E-state index contributed by atoms with van der Waals surface area (Å²) in [4.78, 5) is 18.8. The van der Waals surface area contributed by atoms with Gasteiger partial charge in [-0.05, 0) is 68.3 Å². The van der Waals surface area contributed by atoms with E-state index in [1.165, 1.54) is 12.7 Å². The first-order valence-electron chi connectivity index (χ1n) is 10.1. The molecule has 156 valence electrons. The molecule has 0 unspecified atom stereocenters. The lowest BCUT2D eigenvalue weighted by atomic mass is 10.0. The van der Waals surface area contributed by atoms with E-state index in [-0.39, 0.29) is 5.97 Å². The largest absolute Gasteiger partial charge is 0.497 e. The van der Waals surface area contributed by atoms with E-state index in [9.17, 15) is 4.79 Å². The average Bonchev–Trinajstić information content (AvgIpc) is 3.40. The molecule has 0 amide bonds. The maximum atomic E-state index is 11.6. The summed E-state index contributed by atoms with van der Waals surface area (Å²) < 4.78 is 16.1. The third-order valence-electron chi connectivity index (χ3n) is 5.64. The Balaban J connectivity index is 1.52. The summed E-state index contributed by atoms with van der Waals surface area (Å²) in [7, 11) is 3.07. The molecule has 0 aliphatic carbocycles. The van der Waals surface area contributed by atoms with Crippen LogP contribution in [0.3, 0.4) is 0 Å². The number of benzene rings is 2. The van der Waals surface area contributed by atoms with Crippen molar-refractivity contribution < 1.29 is 18.7 Å². The monoisotopic (exact) mass is 406 g/mol. The van der Waals surface area contributed by atoms with Crippen LogP contribution in [0.2, 0.25) is 0 Å². The molecule has 0 saturated carbocycles. The van der Waals surface area contributed by atoms with Crippen molar-refractivity contribution in [3.05, 3.63) is 71.1 Å². The number of carbonyl (C=O) groups excluding carboxylic acids is 1. The summed E-state index contributed by atoms with van der Waals surface area (Å²) >= 11 is 0. The molecular formula is C24H26N2O4. The van der Waals surface area contributed by atoms with Crippen molar-refractivity contribution in [2.24, 2.45) is 0 Å². The van der Waals surface area contributed by atoms with Crippen LogP contribution in [0.1, 0.15) is 46.3 Å². The van der Waals surface area contributed by atoms with Crippen molar-refractivity contribution in [2.75, 3.05) is 20.8 Å². The Hall–Kier alpha value is -3.12. The highest BCUT2D eigenvalue weighted by Gasteiger charge is 2.28. The van der Waals surface area contributed by atoms with Crippen molar-refractivity contribution in [1.29, 1.82) is 0 Å². The van der Waals surface area contributed by atoms with Crippen LogP contribution in [0.15, 0.2) is 52.9 Å². The Bertz CT molecular complexity index is 1030. The summed E-state index contributed by atoms with van der Waals surface area (Å²) in [6.07, 6.45) is 2.27. The van der Waals surface area contributed by atoms with E-state index in [2.05, 4.69) is 17.0 Å². The van der Waals surface area contributed by atoms with Gasteiger partial charge in [0.25, 0.3) is 0 Å². The Morgan fingerprint density at radius 3 is 2.73 bits per heavy atom. The van der Waals surface area contributed by atoms with Crippen molar-refractivity contribution in [2.45, 2.75) is 32.4 Å². The Kier molecular flexibility index (Phi) is 5.86. The SMILES string of the molecule is COC(=O)c1ccc(-c2nc(CN3CCC[C@@H]3c3cccc(OC)c3)c(C)o2)cc1. The molecule has 6 nitrogen and oxygen atoms in total. The highest BCUT2D eigenvalue weighted by molar-refractivity contribution is 5.89. The van der Waals surface area contributed by atoms with E-state index in [4.69, 9.17) is 18.9 Å². The second-order valence-corrected chi connectivity index (χ2v) is 7.50. The number of carbonyl (C=O) groups is 1. The van der Waals surface area contributed by atoms with E-state index in [0.717, 1.165) is 48.7 Å². The molecule has 4 rings (SSSR count). The maximum absolute atomic E-state index is 11.6. The molecule has 2 aromatic carbocycles. The summed E-state index contributed by atoms with van der Waals surface area (Å²) in [5.41, 5.74) is 3.55. The highest BCUT2D eigenvalue weighted by Crippen LogP contribution is 2.35. The maximum Gasteiger partial charge on any atom is 0.337 e. The molecule has 1 aliphatic rings. The molecule has 30 heavy (non-hydrogen) atoms. The topological polar surface area (TPSA) is 64.8 Å². The molecule has 0 radical (unpaired) electrons. The van der Waals surface area contributed by atoms with Gasteiger partial charge in [-0.1, -0.05) is 12.1 Å². The minimum absolute atomic E-state index is 0.346. The number of nitrogens with zero attached hydrogens (tertiary/aromatic N) is 2. The van der Waals surface area contributed by atoms with Crippen LogP contribution < -0.4 is 4.74 Å². The van der Waals surface area contributed by atoms with Crippen molar-refractivity contribution >= 4 is 5.97 Å². The van der Waals surface area contributed by atoms with E-state index in [0.29, 0.717) is 17.5 Å². The smallest absolute Gasteiger partial charge is 0.337 e. The second-order valence-electron chi connectivity index (χ2n) is 7.50. The van der Waals surface area contributed by atoms with Crippen LogP contribution in [0, 0.1) is 6.92 Å². The van der Waals surface area contributed by atoms with E-state index < -0.39 is 0 Å². The standard InChI is InChI=1S/C24H26N2O4/c1-16-21(25-23(30-16)17-9-11-18(12-10-17)24(27)29-3)15-26-13-5-8-22(26)19-6-4-7-20(14-19)28-2/h4,6-7,9-12,14,22H,5,8,13,15H2,1-3H3/t22-/m1/s1. The van der Waals surface area contributed by atoms with Gasteiger partial charge in [0, 0.05) is 18.2 Å². The van der Waals surface area contributed by atoms with Crippen molar-refractivity contribution in [3.63, 3.8) is 0 Å². The lowest BCUT2D eigenvalue weighted by molar-refractivity contribution is 0.0600. The van der Waals surface area contributed by atoms with Gasteiger partial charge in [-0.25, -0.2) is 9.78 Å². The van der Waals surface area contributed by atoms with Gasteiger partial charge in [0.15, 0.2) is 0 Å². The van der Waals surface area contributed by atoms with Crippen molar-refractivity contribution in [1.82, 2.24) is 9.88 Å². The molecule has 0 N–H and O–H groups in total. The zero-order valence-electron chi connectivity index (χ0n) is 17.6. The lowest BCUT2D eigenvalue weighted by Crippen LogP contribution is -2.23. The number of likely N-dealkylation sites (tertiary alicyclic amines) is 1. The Morgan fingerprint density at radius 1 is 1.20 bits per heavy atom. The summed E-state index contributed by atoms with van der Waals surface area (Å²) in [5.74, 6) is 1.91. The fourth-order valence-electron chi connectivity index (χ4n) is 4.00. The average molecular weight is 406 g/mol. The predicted molar refractivity (Wildman–Crippen MR) is 113 cm³/mol. The fraction of sp³-hybridized carbons (Fsp3) is 0.333. The number of aryl methyl sites for hydroxylation is 1. The number of esters is 1. The van der Waals surface area contributed by atoms with Gasteiger partial charge in [-0.2, -0.15) is 0 Å². The van der Waals surface area contributed by atoms with Crippen LogP contribution in [-0.4, -0.2) is 36.6 Å². The molecule has 1 atom stereocenters. The predicted octanol–water partition coefficient (Wildman–Crippen LogP) is 4.78. The first-order chi connectivity index (χ1) is 14.6. The summed E-state index contributed by atoms with van der Waals surface area (Å²) in [6, 6.07) is 15.7. The minimum Gasteiger partial charge on any atom is -0.497 e. The number of hydrogen-bond acceptors (Lipinski definition) is 6. The third-order valence-corrected chi connectivity index (χ3v) is 5.64. The molecule has 0 bridgehead atoms. The first kappa shape index (κ1) is 20.2. The zero-order valence-corrected chi connectivity index (χ0v) is 17.6. The Labute approximate surface area is 176 Å². The number of hydrogen-bond donors (Lipinski definition) is 0. The number of oxazole rings is 1. The first-order valence-corrected chi connectivity index (χ1v) is 10.1. The molecule has 1 fully saturated rings. The van der Waals surface area contributed by atoms with Crippen LogP contribution in [0.25, 0.3) is 11.5 Å². The van der Waals surface area contributed by atoms with Crippen LogP contribution >= 0.6 is 0 Å².